The fourth-order valence-electron chi connectivity index (χ4n) is 2.13. The van der Waals surface area contributed by atoms with Crippen LogP contribution in [0.3, 0.4) is 0 Å². The van der Waals surface area contributed by atoms with Gasteiger partial charge < -0.3 is 5.73 Å². The summed E-state index contributed by atoms with van der Waals surface area (Å²) in [5.74, 6) is -0.113. The fourth-order valence-corrected chi connectivity index (χ4v) is 6.34. The Labute approximate surface area is 127 Å². The normalized spacial score (nSPS) is 22.2. The summed E-state index contributed by atoms with van der Waals surface area (Å²) < 4.78 is 49.6. The zero-order valence-corrected chi connectivity index (χ0v) is 14.0. The predicted octanol–water partition coefficient (Wildman–Crippen LogP) is 0.839. The molecule has 2 N–H and O–H groups in total. The molecule has 1 saturated heterocycles. The van der Waals surface area contributed by atoms with E-state index in [-0.39, 0.29) is 16.4 Å². The summed E-state index contributed by atoms with van der Waals surface area (Å²) in [6, 6.07) is 3.97. The van der Waals surface area contributed by atoms with Crippen molar-refractivity contribution >= 4 is 41.5 Å². The number of sulfonamides is 1. The zero-order valence-electron chi connectivity index (χ0n) is 10.8. The molecule has 1 unspecified atom stereocenters. The number of nitrogen functional groups attached to an aromatic ring is 1. The second-order valence-corrected chi connectivity index (χ2v) is 9.82. The first-order valence-corrected chi connectivity index (χ1v) is 9.92. The van der Waals surface area contributed by atoms with Crippen LogP contribution in [0.1, 0.15) is 6.42 Å². The summed E-state index contributed by atoms with van der Waals surface area (Å²) in [6.45, 7) is 0. The number of benzene rings is 1. The smallest absolute Gasteiger partial charge is 0.244 e. The standard InChI is InChI=1S/C11H15BrN2O4S2/c1-14(9-4-5-19(15,16)7-9)20(17,18)11-6-8(13)2-3-10(11)12/h2-3,6,9H,4-5,7,13H2,1H3. The van der Waals surface area contributed by atoms with Gasteiger partial charge in [0.2, 0.25) is 10.0 Å². The molecule has 1 atom stereocenters. The molecule has 1 heterocycles. The number of sulfone groups is 1. The van der Waals surface area contributed by atoms with Gasteiger partial charge in [-0.2, -0.15) is 4.31 Å². The molecule has 0 saturated carbocycles. The van der Waals surface area contributed by atoms with Crippen molar-refractivity contribution in [3.63, 3.8) is 0 Å². The van der Waals surface area contributed by atoms with E-state index in [2.05, 4.69) is 15.9 Å². The molecule has 0 amide bonds. The van der Waals surface area contributed by atoms with Crippen LogP contribution in [-0.2, 0) is 19.9 Å². The number of anilines is 1. The Morgan fingerprint density at radius 1 is 1.40 bits per heavy atom. The molecule has 1 aliphatic rings. The summed E-state index contributed by atoms with van der Waals surface area (Å²) in [5, 5.41) is 0. The molecule has 1 aliphatic heterocycles. The highest BCUT2D eigenvalue weighted by molar-refractivity contribution is 9.10. The van der Waals surface area contributed by atoms with E-state index in [1.54, 1.807) is 12.1 Å². The minimum atomic E-state index is -3.78. The maximum absolute atomic E-state index is 12.5. The summed E-state index contributed by atoms with van der Waals surface area (Å²) in [6.07, 6.45) is 0.317. The van der Waals surface area contributed by atoms with Gasteiger partial charge in [-0.25, -0.2) is 16.8 Å². The first-order chi connectivity index (χ1) is 9.13. The Kier molecular flexibility index (Phi) is 4.16. The van der Waals surface area contributed by atoms with Crippen molar-refractivity contribution in [1.82, 2.24) is 4.31 Å². The van der Waals surface area contributed by atoms with Gasteiger partial charge in [0, 0.05) is 23.2 Å². The van der Waals surface area contributed by atoms with Crippen LogP contribution in [0.4, 0.5) is 5.69 Å². The molecule has 6 nitrogen and oxygen atoms in total. The molecule has 112 valence electrons. The Morgan fingerprint density at radius 2 is 2.05 bits per heavy atom. The van der Waals surface area contributed by atoms with Gasteiger partial charge >= 0.3 is 0 Å². The number of halogens is 1. The van der Waals surface area contributed by atoms with Gasteiger partial charge in [0.05, 0.1) is 16.4 Å². The molecular formula is C11H15BrN2O4S2. The molecular weight excluding hydrogens is 368 g/mol. The van der Waals surface area contributed by atoms with E-state index in [1.165, 1.54) is 13.1 Å². The Bertz CT molecular complexity index is 731. The quantitative estimate of drug-likeness (QED) is 0.780. The van der Waals surface area contributed by atoms with E-state index in [9.17, 15) is 16.8 Å². The predicted molar refractivity (Wildman–Crippen MR) is 80.6 cm³/mol. The molecule has 0 aliphatic carbocycles. The molecule has 9 heteroatoms. The van der Waals surface area contributed by atoms with Gasteiger partial charge in [0.1, 0.15) is 0 Å². The lowest BCUT2D eigenvalue weighted by molar-refractivity contribution is 0.393. The van der Waals surface area contributed by atoms with Crippen molar-refractivity contribution in [3.05, 3.63) is 22.7 Å². The molecule has 1 aromatic rings. The highest BCUT2D eigenvalue weighted by atomic mass is 79.9. The van der Waals surface area contributed by atoms with Crippen molar-refractivity contribution in [2.45, 2.75) is 17.4 Å². The SMILES string of the molecule is CN(C1CCS(=O)(=O)C1)S(=O)(=O)c1cc(N)ccc1Br. The van der Waals surface area contributed by atoms with E-state index in [0.717, 1.165) is 4.31 Å². The summed E-state index contributed by atoms with van der Waals surface area (Å²) in [5.41, 5.74) is 5.95. The van der Waals surface area contributed by atoms with E-state index in [4.69, 9.17) is 5.73 Å². The van der Waals surface area contributed by atoms with Crippen LogP contribution in [0.15, 0.2) is 27.6 Å². The minimum Gasteiger partial charge on any atom is -0.399 e. The average molecular weight is 383 g/mol. The van der Waals surface area contributed by atoms with E-state index < -0.39 is 25.9 Å². The number of rotatable bonds is 3. The molecule has 0 bridgehead atoms. The third-order valence-electron chi connectivity index (χ3n) is 3.33. The second kappa shape index (κ2) is 5.28. The lowest BCUT2D eigenvalue weighted by Gasteiger charge is -2.23. The largest absolute Gasteiger partial charge is 0.399 e. The number of nitrogens with two attached hydrogens (primary N) is 1. The zero-order chi connectivity index (χ0) is 15.1. The maximum atomic E-state index is 12.5. The number of hydrogen-bond donors (Lipinski definition) is 1. The Hall–Kier alpha value is -0.640. The summed E-state index contributed by atoms with van der Waals surface area (Å²) in [4.78, 5) is 0.0456. The van der Waals surface area contributed by atoms with Crippen LogP contribution in [0.25, 0.3) is 0 Å². The van der Waals surface area contributed by atoms with Crippen molar-refractivity contribution in [3.8, 4) is 0 Å². The van der Waals surface area contributed by atoms with Crippen molar-refractivity contribution in [2.75, 3.05) is 24.3 Å². The van der Waals surface area contributed by atoms with Crippen LogP contribution in [0.2, 0.25) is 0 Å². The monoisotopic (exact) mass is 382 g/mol. The first-order valence-electron chi connectivity index (χ1n) is 5.87. The third-order valence-corrected chi connectivity index (χ3v) is 7.99. The van der Waals surface area contributed by atoms with Gasteiger partial charge in [-0.15, -0.1) is 0 Å². The maximum Gasteiger partial charge on any atom is 0.244 e. The van der Waals surface area contributed by atoms with Gasteiger partial charge in [-0.1, -0.05) is 0 Å². The van der Waals surface area contributed by atoms with Crippen LogP contribution in [0, 0.1) is 0 Å². The second-order valence-electron chi connectivity index (χ2n) is 4.77. The van der Waals surface area contributed by atoms with Gasteiger partial charge in [-0.3, -0.25) is 0 Å². The fraction of sp³-hybridized carbons (Fsp3) is 0.455. The highest BCUT2D eigenvalue weighted by Gasteiger charge is 2.37. The summed E-state index contributed by atoms with van der Waals surface area (Å²) in [7, 11) is -5.53. The summed E-state index contributed by atoms with van der Waals surface area (Å²) >= 11 is 3.19. The Balaban J connectivity index is 2.38. The number of nitrogens with zero attached hydrogens (tertiary/aromatic N) is 1. The molecule has 20 heavy (non-hydrogen) atoms. The van der Waals surface area contributed by atoms with Gasteiger partial charge in [0.25, 0.3) is 0 Å². The molecule has 2 rings (SSSR count). The lowest BCUT2D eigenvalue weighted by Crippen LogP contribution is -2.37. The average Bonchev–Trinajstić information content (AvgIpc) is 2.71. The van der Waals surface area contributed by atoms with Crippen molar-refractivity contribution in [2.24, 2.45) is 0 Å². The topological polar surface area (TPSA) is 97.5 Å². The number of hydrogen-bond acceptors (Lipinski definition) is 5. The van der Waals surface area contributed by atoms with Crippen LogP contribution in [-0.4, -0.2) is 45.7 Å². The minimum absolute atomic E-state index is 0.0234. The van der Waals surface area contributed by atoms with Crippen LogP contribution in [0.5, 0.6) is 0 Å². The van der Waals surface area contributed by atoms with Gasteiger partial charge in [0.15, 0.2) is 9.84 Å². The first kappa shape index (κ1) is 15.7. The lowest BCUT2D eigenvalue weighted by atomic mass is 10.3. The highest BCUT2D eigenvalue weighted by Crippen LogP contribution is 2.29. The van der Waals surface area contributed by atoms with Crippen LogP contribution >= 0.6 is 15.9 Å². The van der Waals surface area contributed by atoms with E-state index in [1.807, 2.05) is 0 Å². The van der Waals surface area contributed by atoms with Crippen molar-refractivity contribution < 1.29 is 16.8 Å². The van der Waals surface area contributed by atoms with Gasteiger partial charge in [-0.05, 0) is 40.5 Å². The Morgan fingerprint density at radius 3 is 2.60 bits per heavy atom. The molecule has 1 aromatic carbocycles. The van der Waals surface area contributed by atoms with Crippen molar-refractivity contribution in [1.29, 1.82) is 0 Å². The molecule has 1 fully saturated rings. The molecule has 0 aromatic heterocycles. The molecule has 0 radical (unpaired) electrons. The van der Waals surface area contributed by atoms with E-state index >= 15 is 0 Å². The molecule has 0 spiro atoms. The van der Waals surface area contributed by atoms with Crippen LogP contribution < -0.4 is 5.73 Å². The third kappa shape index (κ3) is 3.00. The van der Waals surface area contributed by atoms with E-state index in [0.29, 0.717) is 16.6 Å².